The van der Waals surface area contributed by atoms with E-state index in [1.807, 2.05) is 6.07 Å². The lowest BCUT2D eigenvalue weighted by molar-refractivity contribution is 0.208. The highest BCUT2D eigenvalue weighted by atomic mass is 32.1. The van der Waals surface area contributed by atoms with Crippen LogP contribution in [0.15, 0.2) is 17.7 Å². The van der Waals surface area contributed by atoms with Crippen LogP contribution in [0.1, 0.15) is 24.2 Å². The number of aromatic nitrogens is 2. The fourth-order valence-electron chi connectivity index (χ4n) is 2.99. The molecule has 0 saturated carbocycles. The number of benzene rings is 1. The molecule has 1 aliphatic rings. The minimum atomic E-state index is -0.677. The summed E-state index contributed by atoms with van der Waals surface area (Å²) in [6.07, 6.45) is 2.57. The first-order valence-electron chi connectivity index (χ1n) is 9.00. The summed E-state index contributed by atoms with van der Waals surface area (Å²) < 4.78 is 32.9. The van der Waals surface area contributed by atoms with Crippen LogP contribution in [0, 0.1) is 29.9 Å². The zero-order valence-electron chi connectivity index (χ0n) is 16.1. The first kappa shape index (κ1) is 20.7. The van der Waals surface area contributed by atoms with E-state index < -0.39 is 11.6 Å². The SMILES string of the molecule is Cc1nsc(NC(=O)N2CCC(=Cc3c(F)cc(N(C)CC#N)cc3F)CC2)n1. The minimum Gasteiger partial charge on any atom is -0.361 e. The second-order valence-electron chi connectivity index (χ2n) is 6.70. The molecule has 1 aromatic carbocycles. The summed E-state index contributed by atoms with van der Waals surface area (Å²) in [4.78, 5) is 19.5. The Morgan fingerprint density at radius 2 is 2.03 bits per heavy atom. The second-order valence-corrected chi connectivity index (χ2v) is 7.46. The van der Waals surface area contributed by atoms with Crippen LogP contribution in [-0.4, -0.2) is 47.0 Å². The van der Waals surface area contributed by atoms with Gasteiger partial charge in [0.05, 0.1) is 6.07 Å². The van der Waals surface area contributed by atoms with Crippen molar-refractivity contribution in [3.63, 3.8) is 0 Å². The van der Waals surface area contributed by atoms with E-state index in [2.05, 4.69) is 14.7 Å². The summed E-state index contributed by atoms with van der Waals surface area (Å²) in [5, 5.41) is 11.9. The van der Waals surface area contributed by atoms with Crippen molar-refractivity contribution in [2.24, 2.45) is 0 Å². The number of nitriles is 1. The normalized spacial score (nSPS) is 13.8. The van der Waals surface area contributed by atoms with Gasteiger partial charge >= 0.3 is 6.03 Å². The van der Waals surface area contributed by atoms with Crippen LogP contribution < -0.4 is 10.2 Å². The number of rotatable bonds is 4. The molecule has 7 nitrogen and oxygen atoms in total. The van der Waals surface area contributed by atoms with Gasteiger partial charge in [0.15, 0.2) is 0 Å². The average Bonchev–Trinajstić information content (AvgIpc) is 3.09. The average molecular weight is 418 g/mol. The van der Waals surface area contributed by atoms with Crippen molar-refractivity contribution in [3.05, 3.63) is 40.7 Å². The van der Waals surface area contributed by atoms with Gasteiger partial charge in [0, 0.05) is 42.9 Å². The molecule has 0 radical (unpaired) electrons. The molecule has 0 aliphatic carbocycles. The Morgan fingerprint density at radius 3 is 2.59 bits per heavy atom. The van der Waals surface area contributed by atoms with E-state index in [9.17, 15) is 13.6 Å². The van der Waals surface area contributed by atoms with Crippen LogP contribution in [0.4, 0.5) is 24.4 Å². The fraction of sp³-hybridized carbons (Fsp3) is 0.368. The lowest BCUT2D eigenvalue weighted by Gasteiger charge is -2.28. The molecule has 29 heavy (non-hydrogen) atoms. The zero-order valence-corrected chi connectivity index (χ0v) is 16.9. The first-order valence-corrected chi connectivity index (χ1v) is 9.77. The van der Waals surface area contributed by atoms with Gasteiger partial charge in [-0.2, -0.15) is 9.64 Å². The smallest absolute Gasteiger partial charge is 0.323 e. The van der Waals surface area contributed by atoms with Crippen molar-refractivity contribution in [2.45, 2.75) is 19.8 Å². The van der Waals surface area contributed by atoms with Crippen LogP contribution in [0.2, 0.25) is 0 Å². The highest BCUT2D eigenvalue weighted by Gasteiger charge is 2.21. The summed E-state index contributed by atoms with van der Waals surface area (Å²) in [7, 11) is 1.60. The summed E-state index contributed by atoms with van der Waals surface area (Å²) in [6, 6.07) is 4.12. The van der Waals surface area contributed by atoms with E-state index in [1.165, 1.54) is 23.1 Å². The molecule has 1 saturated heterocycles. The van der Waals surface area contributed by atoms with E-state index in [0.717, 1.165) is 17.1 Å². The molecule has 0 spiro atoms. The number of piperidine rings is 1. The fourth-order valence-corrected chi connectivity index (χ4v) is 3.56. The summed E-state index contributed by atoms with van der Waals surface area (Å²) in [5.74, 6) is -0.753. The molecule has 1 aliphatic heterocycles. The topological polar surface area (TPSA) is 85.2 Å². The zero-order chi connectivity index (χ0) is 21.0. The van der Waals surface area contributed by atoms with Gasteiger partial charge in [0.25, 0.3) is 0 Å². The van der Waals surface area contributed by atoms with Crippen molar-refractivity contribution in [2.75, 3.05) is 36.9 Å². The molecular formula is C19H20F2N6OS. The molecule has 1 N–H and O–H groups in total. The summed E-state index contributed by atoms with van der Waals surface area (Å²) in [6.45, 7) is 2.67. The standard InChI is InChI=1S/C19H20F2N6OS/c1-12-23-18(29-25-12)24-19(28)27-6-3-13(4-7-27)9-15-16(20)10-14(11-17(15)21)26(2)8-5-22/h9-11H,3-4,6-8H2,1-2H3,(H,23,24,25,28). The Balaban J connectivity index is 1.64. The van der Waals surface area contributed by atoms with E-state index in [-0.39, 0.29) is 18.1 Å². The quantitative estimate of drug-likeness (QED) is 0.764. The molecule has 0 bridgehead atoms. The molecule has 2 aromatic rings. The summed E-state index contributed by atoms with van der Waals surface area (Å²) >= 11 is 1.12. The third-order valence-corrected chi connectivity index (χ3v) is 5.32. The number of likely N-dealkylation sites (tertiary alicyclic amines) is 1. The van der Waals surface area contributed by atoms with Gasteiger partial charge in [-0.15, -0.1) is 0 Å². The van der Waals surface area contributed by atoms with Crippen molar-refractivity contribution < 1.29 is 13.6 Å². The van der Waals surface area contributed by atoms with Crippen molar-refractivity contribution >= 4 is 34.5 Å². The molecular weight excluding hydrogens is 398 g/mol. The number of nitrogens with zero attached hydrogens (tertiary/aromatic N) is 5. The van der Waals surface area contributed by atoms with E-state index in [4.69, 9.17) is 5.26 Å². The van der Waals surface area contributed by atoms with Crippen molar-refractivity contribution in [1.82, 2.24) is 14.3 Å². The van der Waals surface area contributed by atoms with Crippen LogP contribution in [0.5, 0.6) is 0 Å². The van der Waals surface area contributed by atoms with Gasteiger partial charge in [-0.25, -0.2) is 18.6 Å². The Hall–Kier alpha value is -3.06. The van der Waals surface area contributed by atoms with Crippen molar-refractivity contribution in [1.29, 1.82) is 5.26 Å². The number of nitrogens with one attached hydrogen (secondary N) is 1. The maximum absolute atomic E-state index is 14.4. The van der Waals surface area contributed by atoms with Crippen LogP contribution in [0.25, 0.3) is 6.08 Å². The minimum absolute atomic E-state index is 0.0356. The maximum atomic E-state index is 14.4. The van der Waals surface area contributed by atoms with E-state index in [1.54, 1.807) is 18.9 Å². The maximum Gasteiger partial charge on any atom is 0.323 e. The largest absolute Gasteiger partial charge is 0.361 e. The number of anilines is 2. The number of carbonyl (C=O) groups is 1. The molecule has 3 rings (SSSR count). The molecule has 10 heteroatoms. The second kappa shape index (κ2) is 8.96. The number of carbonyl (C=O) groups excluding carboxylic acids is 1. The Kier molecular flexibility index (Phi) is 6.39. The van der Waals surface area contributed by atoms with Gasteiger partial charge < -0.3 is 9.80 Å². The van der Waals surface area contributed by atoms with Crippen LogP contribution in [0.3, 0.4) is 0 Å². The number of hydrogen-bond acceptors (Lipinski definition) is 6. The van der Waals surface area contributed by atoms with E-state index in [0.29, 0.717) is 42.6 Å². The molecule has 1 fully saturated rings. The van der Waals surface area contributed by atoms with Gasteiger partial charge in [0.2, 0.25) is 5.13 Å². The van der Waals surface area contributed by atoms with Gasteiger partial charge in [-0.1, -0.05) is 5.57 Å². The predicted molar refractivity (Wildman–Crippen MR) is 108 cm³/mol. The van der Waals surface area contributed by atoms with Gasteiger partial charge in [-0.3, -0.25) is 5.32 Å². The van der Waals surface area contributed by atoms with Crippen molar-refractivity contribution in [3.8, 4) is 6.07 Å². The first-order chi connectivity index (χ1) is 13.9. The third kappa shape index (κ3) is 5.06. The number of aryl methyl sites for hydroxylation is 1. The lowest BCUT2D eigenvalue weighted by atomic mass is 10.0. The number of halogens is 2. The monoisotopic (exact) mass is 418 g/mol. The third-order valence-electron chi connectivity index (χ3n) is 4.60. The molecule has 0 atom stereocenters. The molecule has 0 unspecified atom stereocenters. The molecule has 1 aromatic heterocycles. The Bertz CT molecular complexity index is 950. The lowest BCUT2D eigenvalue weighted by Crippen LogP contribution is -2.39. The number of hydrogen-bond donors (Lipinski definition) is 1. The van der Waals surface area contributed by atoms with Gasteiger partial charge in [0.1, 0.15) is 24.0 Å². The molecule has 2 amide bonds. The molecule has 2 heterocycles. The number of urea groups is 1. The predicted octanol–water partition coefficient (Wildman–Crippen LogP) is 3.80. The highest BCUT2D eigenvalue weighted by Crippen LogP contribution is 2.26. The van der Waals surface area contributed by atoms with Gasteiger partial charge in [-0.05, 0) is 38.0 Å². The molecule has 152 valence electrons. The Morgan fingerprint density at radius 1 is 1.38 bits per heavy atom. The highest BCUT2D eigenvalue weighted by molar-refractivity contribution is 7.09. The van der Waals surface area contributed by atoms with E-state index >= 15 is 0 Å². The van der Waals surface area contributed by atoms with Crippen LogP contribution in [-0.2, 0) is 0 Å². The van der Waals surface area contributed by atoms with Crippen LogP contribution >= 0.6 is 11.5 Å². The number of amides is 2. The Labute approximate surface area is 171 Å². The summed E-state index contributed by atoms with van der Waals surface area (Å²) in [5.41, 5.74) is 1.08.